The van der Waals surface area contributed by atoms with Crippen molar-refractivity contribution < 1.29 is 14.8 Å². The van der Waals surface area contributed by atoms with Crippen LogP contribution < -0.4 is 0 Å². The molecule has 0 atom stereocenters. The minimum absolute atomic E-state index is 0.0505. The summed E-state index contributed by atoms with van der Waals surface area (Å²) in [4.78, 5) is 26.2. The number of benzene rings is 2. The van der Waals surface area contributed by atoms with Crippen molar-refractivity contribution >= 4 is 51.0 Å². The van der Waals surface area contributed by atoms with E-state index in [0.717, 1.165) is 22.0 Å². The Kier molecular flexibility index (Phi) is 4.59. The number of nitro groups is 1. The summed E-state index contributed by atoms with van der Waals surface area (Å²) in [6.45, 7) is 0. The summed E-state index contributed by atoms with van der Waals surface area (Å²) in [5, 5.41) is 20.2. The molecule has 0 bridgehead atoms. The third-order valence-electron chi connectivity index (χ3n) is 3.06. The highest BCUT2D eigenvalue weighted by molar-refractivity contribution is 8.05. The summed E-state index contributed by atoms with van der Waals surface area (Å²) >= 11 is 2.43. The van der Waals surface area contributed by atoms with Crippen molar-refractivity contribution in [1.29, 1.82) is 0 Å². The Bertz CT molecular complexity index is 932. The predicted molar refractivity (Wildman–Crippen MR) is 94.2 cm³/mol. The molecule has 0 amide bonds. The molecule has 1 aromatic heterocycles. The lowest BCUT2D eigenvalue weighted by Crippen LogP contribution is -1.96. The second kappa shape index (κ2) is 6.81. The summed E-state index contributed by atoms with van der Waals surface area (Å²) in [5.41, 5.74) is 1.18. The highest BCUT2D eigenvalue weighted by atomic mass is 32.2. The summed E-state index contributed by atoms with van der Waals surface area (Å²) in [6.07, 6.45) is 1.41. The Morgan fingerprint density at radius 1 is 1.25 bits per heavy atom. The molecular formula is C16H10N2O4S2. The first kappa shape index (κ1) is 16.2. The maximum absolute atomic E-state index is 11.5. The number of fused-ring (bicyclic) bond motifs is 1. The SMILES string of the molecule is O=C(O)/C(=C\c1cccc([N+](=O)[O-])c1)Sc1nc2ccccc2s1. The van der Waals surface area contributed by atoms with Gasteiger partial charge in [0.15, 0.2) is 4.34 Å². The van der Waals surface area contributed by atoms with E-state index in [1.54, 1.807) is 6.07 Å². The third kappa shape index (κ3) is 3.61. The molecule has 0 fully saturated rings. The van der Waals surface area contributed by atoms with E-state index in [4.69, 9.17) is 0 Å². The first-order valence-corrected chi connectivity index (χ1v) is 8.39. The molecule has 24 heavy (non-hydrogen) atoms. The molecule has 3 rings (SSSR count). The largest absolute Gasteiger partial charge is 0.477 e. The highest BCUT2D eigenvalue weighted by Crippen LogP contribution is 2.35. The van der Waals surface area contributed by atoms with Crippen molar-refractivity contribution in [2.24, 2.45) is 0 Å². The van der Waals surface area contributed by atoms with Crippen LogP contribution in [-0.2, 0) is 4.79 Å². The molecule has 0 aliphatic rings. The van der Waals surface area contributed by atoms with Crippen LogP contribution in [0.2, 0.25) is 0 Å². The van der Waals surface area contributed by atoms with Crippen LogP contribution in [0.5, 0.6) is 0 Å². The van der Waals surface area contributed by atoms with Gasteiger partial charge in [-0.25, -0.2) is 9.78 Å². The number of thioether (sulfide) groups is 1. The van der Waals surface area contributed by atoms with Gasteiger partial charge in [0.2, 0.25) is 0 Å². The van der Waals surface area contributed by atoms with Crippen LogP contribution in [-0.4, -0.2) is 21.0 Å². The zero-order valence-corrected chi connectivity index (χ0v) is 13.7. The summed E-state index contributed by atoms with van der Waals surface area (Å²) < 4.78 is 1.58. The topological polar surface area (TPSA) is 93.3 Å². The second-order valence-corrected chi connectivity index (χ2v) is 7.04. The van der Waals surface area contributed by atoms with Gasteiger partial charge >= 0.3 is 5.97 Å². The quantitative estimate of drug-likeness (QED) is 0.314. The Morgan fingerprint density at radius 2 is 2.04 bits per heavy atom. The molecule has 0 radical (unpaired) electrons. The molecule has 0 aliphatic heterocycles. The number of aliphatic carboxylic acids is 1. The lowest BCUT2D eigenvalue weighted by molar-refractivity contribution is -0.384. The third-order valence-corrected chi connectivity index (χ3v) is 5.17. The van der Waals surface area contributed by atoms with Gasteiger partial charge in [0.1, 0.15) is 4.91 Å². The van der Waals surface area contributed by atoms with E-state index in [-0.39, 0.29) is 10.6 Å². The van der Waals surface area contributed by atoms with Crippen molar-refractivity contribution in [2.75, 3.05) is 0 Å². The standard InChI is InChI=1S/C16H10N2O4S2/c19-15(20)14(9-10-4-3-5-11(8-10)18(21)22)24-16-17-12-6-1-2-7-13(12)23-16/h1-9H,(H,19,20)/b14-9+. The molecule has 1 N–H and O–H groups in total. The van der Waals surface area contributed by atoms with Crippen molar-refractivity contribution in [2.45, 2.75) is 4.34 Å². The van der Waals surface area contributed by atoms with E-state index in [1.165, 1.54) is 35.6 Å². The maximum Gasteiger partial charge on any atom is 0.342 e. The zero-order valence-electron chi connectivity index (χ0n) is 12.1. The van der Waals surface area contributed by atoms with Gasteiger partial charge in [-0.3, -0.25) is 10.1 Å². The molecule has 3 aromatic rings. The number of carbonyl (C=O) groups is 1. The predicted octanol–water partition coefficient (Wildman–Crippen LogP) is 4.42. The van der Waals surface area contributed by atoms with E-state index in [2.05, 4.69) is 4.98 Å². The normalized spacial score (nSPS) is 11.6. The number of hydrogen-bond donors (Lipinski definition) is 1. The van der Waals surface area contributed by atoms with Crippen LogP contribution in [0.15, 0.2) is 57.8 Å². The van der Waals surface area contributed by atoms with Gasteiger partial charge in [-0.2, -0.15) is 0 Å². The number of rotatable bonds is 5. The molecule has 0 spiro atoms. The number of carboxylic acid groups (broad SMARTS) is 1. The van der Waals surface area contributed by atoms with Crippen molar-refractivity contribution in [3.63, 3.8) is 0 Å². The van der Waals surface area contributed by atoms with E-state index < -0.39 is 10.9 Å². The smallest absolute Gasteiger partial charge is 0.342 e. The van der Waals surface area contributed by atoms with Gasteiger partial charge in [0, 0.05) is 12.1 Å². The van der Waals surface area contributed by atoms with Crippen molar-refractivity contribution in [1.82, 2.24) is 4.98 Å². The summed E-state index contributed by atoms with van der Waals surface area (Å²) in [6, 6.07) is 13.4. The lowest BCUT2D eigenvalue weighted by Gasteiger charge is -2.00. The molecule has 1 heterocycles. The van der Waals surface area contributed by atoms with Crippen LogP contribution >= 0.6 is 23.1 Å². The number of nitro benzene ring substituents is 1. The van der Waals surface area contributed by atoms with E-state index in [1.807, 2.05) is 24.3 Å². The van der Waals surface area contributed by atoms with Crippen LogP contribution in [0.25, 0.3) is 16.3 Å². The fourth-order valence-electron chi connectivity index (χ4n) is 2.00. The summed E-state index contributed by atoms with van der Waals surface area (Å²) in [5.74, 6) is -1.11. The van der Waals surface area contributed by atoms with Crippen LogP contribution in [0.1, 0.15) is 5.56 Å². The number of para-hydroxylation sites is 1. The van der Waals surface area contributed by atoms with Gasteiger partial charge in [0.05, 0.1) is 15.1 Å². The summed E-state index contributed by atoms with van der Waals surface area (Å²) in [7, 11) is 0. The first-order chi connectivity index (χ1) is 11.5. The van der Waals surface area contributed by atoms with E-state index >= 15 is 0 Å². The minimum Gasteiger partial charge on any atom is -0.477 e. The average Bonchev–Trinajstić information content (AvgIpc) is 2.96. The van der Waals surface area contributed by atoms with Gasteiger partial charge in [0.25, 0.3) is 5.69 Å². The van der Waals surface area contributed by atoms with Crippen molar-refractivity contribution in [3.05, 3.63) is 69.1 Å². The molecule has 6 nitrogen and oxygen atoms in total. The zero-order chi connectivity index (χ0) is 17.1. The fourth-order valence-corrected chi connectivity index (χ4v) is 4.02. The second-order valence-electron chi connectivity index (χ2n) is 4.72. The fraction of sp³-hybridized carbons (Fsp3) is 0. The van der Waals surface area contributed by atoms with Gasteiger partial charge in [-0.15, -0.1) is 11.3 Å². The molecule has 2 aromatic carbocycles. The van der Waals surface area contributed by atoms with Crippen molar-refractivity contribution in [3.8, 4) is 0 Å². The van der Waals surface area contributed by atoms with E-state index in [0.29, 0.717) is 9.90 Å². The molecule has 0 aliphatic carbocycles. The van der Waals surface area contributed by atoms with E-state index in [9.17, 15) is 20.0 Å². The Morgan fingerprint density at radius 3 is 2.75 bits per heavy atom. The lowest BCUT2D eigenvalue weighted by atomic mass is 10.2. The van der Waals surface area contributed by atoms with Crippen LogP contribution in [0, 0.1) is 10.1 Å². The number of non-ortho nitro benzene ring substituents is 1. The molecule has 0 saturated carbocycles. The minimum atomic E-state index is -1.11. The Balaban J connectivity index is 1.93. The Hall–Kier alpha value is -2.71. The van der Waals surface area contributed by atoms with Gasteiger partial charge in [-0.05, 0) is 23.8 Å². The van der Waals surface area contributed by atoms with Gasteiger partial charge in [-0.1, -0.05) is 36.0 Å². The van der Waals surface area contributed by atoms with Crippen LogP contribution in [0.4, 0.5) is 5.69 Å². The maximum atomic E-state index is 11.5. The number of thiazole rings is 1. The highest BCUT2D eigenvalue weighted by Gasteiger charge is 2.14. The molecule has 120 valence electrons. The number of nitrogens with zero attached hydrogens (tertiary/aromatic N) is 2. The molecule has 0 unspecified atom stereocenters. The first-order valence-electron chi connectivity index (χ1n) is 6.76. The molecular weight excluding hydrogens is 348 g/mol. The molecule has 8 heteroatoms. The molecule has 0 saturated heterocycles. The van der Waals surface area contributed by atoms with Crippen LogP contribution in [0.3, 0.4) is 0 Å². The number of carboxylic acids is 1. The van der Waals surface area contributed by atoms with Gasteiger partial charge < -0.3 is 5.11 Å². The Labute approximate surface area is 144 Å². The average molecular weight is 358 g/mol. The number of aromatic nitrogens is 1. The number of hydrogen-bond acceptors (Lipinski definition) is 6. The monoisotopic (exact) mass is 358 g/mol.